The van der Waals surface area contributed by atoms with Gasteiger partial charge in [0, 0.05) is 19.6 Å². The van der Waals surface area contributed by atoms with Gasteiger partial charge in [0.25, 0.3) is 0 Å². The molecule has 0 atom stereocenters. The topological polar surface area (TPSA) is 52.4 Å². The minimum atomic E-state index is 0.426. The number of rotatable bonds is 6. The standard InChI is InChI=1S/C19H22N4O2/c1-2-4-17-13-19(6-5-16(17)3-1)25-15-18-14-23(21-20-18)8-7-22-9-11-24-12-10-22/h1-6,13-14H,7-12,15H2. The number of fused-ring (bicyclic) bond motifs is 1. The molecular formula is C19H22N4O2. The molecule has 1 aliphatic rings. The highest BCUT2D eigenvalue weighted by Gasteiger charge is 2.10. The van der Waals surface area contributed by atoms with Gasteiger partial charge in [-0.15, -0.1) is 5.10 Å². The summed E-state index contributed by atoms with van der Waals surface area (Å²) < 4.78 is 13.1. The first-order valence-electron chi connectivity index (χ1n) is 8.67. The first-order chi connectivity index (χ1) is 12.4. The Labute approximate surface area is 147 Å². The summed E-state index contributed by atoms with van der Waals surface area (Å²) in [6.07, 6.45) is 1.96. The molecule has 0 N–H and O–H groups in total. The van der Waals surface area contributed by atoms with Crippen LogP contribution in [0.3, 0.4) is 0 Å². The predicted octanol–water partition coefficient (Wildman–Crippen LogP) is 2.34. The van der Waals surface area contributed by atoms with E-state index in [1.165, 1.54) is 10.8 Å². The van der Waals surface area contributed by atoms with Crippen LogP contribution < -0.4 is 4.74 Å². The Hall–Kier alpha value is -2.44. The summed E-state index contributed by atoms with van der Waals surface area (Å²) in [5.74, 6) is 0.849. The number of ether oxygens (including phenoxy) is 2. The Morgan fingerprint density at radius 2 is 1.84 bits per heavy atom. The van der Waals surface area contributed by atoms with Gasteiger partial charge in [-0.25, -0.2) is 0 Å². The van der Waals surface area contributed by atoms with Crippen molar-refractivity contribution in [3.63, 3.8) is 0 Å². The number of benzene rings is 2. The van der Waals surface area contributed by atoms with E-state index in [2.05, 4.69) is 39.5 Å². The van der Waals surface area contributed by atoms with E-state index < -0.39 is 0 Å². The fourth-order valence-electron chi connectivity index (χ4n) is 3.00. The third kappa shape index (κ3) is 4.15. The molecule has 0 aliphatic carbocycles. The van der Waals surface area contributed by atoms with E-state index in [-0.39, 0.29) is 0 Å². The van der Waals surface area contributed by atoms with Gasteiger partial charge in [0.2, 0.25) is 0 Å². The van der Waals surface area contributed by atoms with Crippen LogP contribution >= 0.6 is 0 Å². The molecule has 1 saturated heterocycles. The summed E-state index contributed by atoms with van der Waals surface area (Å²) in [5.41, 5.74) is 0.843. The second-order valence-electron chi connectivity index (χ2n) is 6.22. The largest absolute Gasteiger partial charge is 0.487 e. The zero-order valence-corrected chi connectivity index (χ0v) is 14.2. The van der Waals surface area contributed by atoms with Crippen molar-refractivity contribution in [3.05, 3.63) is 54.4 Å². The monoisotopic (exact) mass is 338 g/mol. The Balaban J connectivity index is 1.31. The van der Waals surface area contributed by atoms with Gasteiger partial charge in [-0.05, 0) is 22.9 Å². The lowest BCUT2D eigenvalue weighted by Crippen LogP contribution is -2.38. The highest BCUT2D eigenvalue weighted by atomic mass is 16.5. The van der Waals surface area contributed by atoms with Gasteiger partial charge in [0.1, 0.15) is 18.1 Å². The Kier molecular flexibility index (Phi) is 4.90. The minimum absolute atomic E-state index is 0.426. The zero-order valence-electron chi connectivity index (χ0n) is 14.2. The van der Waals surface area contributed by atoms with E-state index in [1.807, 2.05) is 29.1 Å². The molecule has 25 heavy (non-hydrogen) atoms. The predicted molar refractivity (Wildman–Crippen MR) is 95.6 cm³/mol. The summed E-state index contributed by atoms with van der Waals surface area (Å²) in [4.78, 5) is 2.39. The second-order valence-corrected chi connectivity index (χ2v) is 6.22. The summed E-state index contributed by atoms with van der Waals surface area (Å²) in [5, 5.41) is 10.8. The molecule has 6 heteroatoms. The Morgan fingerprint density at radius 1 is 1.00 bits per heavy atom. The highest BCUT2D eigenvalue weighted by molar-refractivity contribution is 5.83. The molecule has 0 radical (unpaired) electrons. The van der Waals surface area contributed by atoms with Crippen LogP contribution in [0.4, 0.5) is 0 Å². The summed E-state index contributed by atoms with van der Waals surface area (Å²) in [6.45, 7) is 5.86. The molecule has 6 nitrogen and oxygen atoms in total. The average Bonchev–Trinajstić information content (AvgIpc) is 3.13. The lowest BCUT2D eigenvalue weighted by Gasteiger charge is -2.26. The van der Waals surface area contributed by atoms with Crippen LogP contribution in [-0.2, 0) is 17.9 Å². The van der Waals surface area contributed by atoms with Gasteiger partial charge in [-0.1, -0.05) is 35.5 Å². The van der Waals surface area contributed by atoms with E-state index in [4.69, 9.17) is 9.47 Å². The SMILES string of the molecule is c1ccc2cc(OCc3cn(CCN4CCOCC4)nn3)ccc2c1. The molecule has 1 aliphatic heterocycles. The van der Waals surface area contributed by atoms with Crippen molar-refractivity contribution in [2.75, 3.05) is 32.8 Å². The quantitative estimate of drug-likeness (QED) is 0.690. The molecule has 0 bridgehead atoms. The second kappa shape index (κ2) is 7.63. The smallest absolute Gasteiger partial charge is 0.134 e. The van der Waals surface area contributed by atoms with E-state index >= 15 is 0 Å². The number of hydrogen-bond donors (Lipinski definition) is 0. The number of hydrogen-bond acceptors (Lipinski definition) is 5. The first kappa shape index (κ1) is 16.1. The zero-order chi connectivity index (χ0) is 16.9. The molecule has 130 valence electrons. The lowest BCUT2D eigenvalue weighted by molar-refractivity contribution is 0.0359. The molecular weight excluding hydrogens is 316 g/mol. The molecule has 0 unspecified atom stereocenters. The average molecular weight is 338 g/mol. The maximum absolute atomic E-state index is 5.87. The third-order valence-electron chi connectivity index (χ3n) is 4.44. The van der Waals surface area contributed by atoms with Crippen molar-refractivity contribution < 1.29 is 9.47 Å². The van der Waals surface area contributed by atoms with E-state index in [9.17, 15) is 0 Å². The van der Waals surface area contributed by atoms with Crippen molar-refractivity contribution >= 4 is 10.8 Å². The summed E-state index contributed by atoms with van der Waals surface area (Å²) >= 11 is 0. The number of nitrogens with zero attached hydrogens (tertiary/aromatic N) is 4. The van der Waals surface area contributed by atoms with E-state index in [0.717, 1.165) is 50.8 Å². The van der Waals surface area contributed by atoms with Gasteiger partial charge in [0.05, 0.1) is 26.0 Å². The van der Waals surface area contributed by atoms with Crippen LogP contribution in [0, 0.1) is 0 Å². The molecule has 3 aromatic rings. The Bertz CT molecular complexity index is 827. The van der Waals surface area contributed by atoms with E-state index in [0.29, 0.717) is 6.61 Å². The van der Waals surface area contributed by atoms with Crippen LogP contribution in [0.25, 0.3) is 10.8 Å². The third-order valence-corrected chi connectivity index (χ3v) is 4.44. The van der Waals surface area contributed by atoms with Crippen molar-refractivity contribution in [2.45, 2.75) is 13.2 Å². The molecule has 2 heterocycles. The Morgan fingerprint density at radius 3 is 2.72 bits per heavy atom. The molecule has 1 fully saturated rings. The molecule has 0 saturated carbocycles. The maximum atomic E-state index is 5.87. The van der Waals surface area contributed by atoms with Gasteiger partial charge in [-0.2, -0.15) is 0 Å². The van der Waals surface area contributed by atoms with Gasteiger partial charge in [0.15, 0.2) is 0 Å². The van der Waals surface area contributed by atoms with Gasteiger partial charge in [-0.3, -0.25) is 9.58 Å². The normalized spacial score (nSPS) is 15.5. The first-order valence-corrected chi connectivity index (χ1v) is 8.67. The highest BCUT2D eigenvalue weighted by Crippen LogP contribution is 2.21. The van der Waals surface area contributed by atoms with E-state index in [1.54, 1.807) is 0 Å². The molecule has 4 rings (SSSR count). The number of aromatic nitrogens is 3. The maximum Gasteiger partial charge on any atom is 0.134 e. The van der Waals surface area contributed by atoms with Crippen LogP contribution in [0.2, 0.25) is 0 Å². The van der Waals surface area contributed by atoms with Crippen molar-refractivity contribution in [2.24, 2.45) is 0 Å². The number of morpholine rings is 1. The van der Waals surface area contributed by atoms with Crippen LogP contribution in [-0.4, -0.2) is 52.7 Å². The fourth-order valence-corrected chi connectivity index (χ4v) is 3.00. The van der Waals surface area contributed by atoms with Crippen molar-refractivity contribution in [1.29, 1.82) is 0 Å². The van der Waals surface area contributed by atoms with Crippen LogP contribution in [0.5, 0.6) is 5.75 Å². The molecule has 1 aromatic heterocycles. The molecule has 0 amide bonds. The van der Waals surface area contributed by atoms with Gasteiger partial charge < -0.3 is 9.47 Å². The summed E-state index contributed by atoms with van der Waals surface area (Å²) in [6, 6.07) is 14.4. The van der Waals surface area contributed by atoms with Crippen molar-refractivity contribution in [1.82, 2.24) is 19.9 Å². The molecule has 0 spiro atoms. The van der Waals surface area contributed by atoms with Gasteiger partial charge >= 0.3 is 0 Å². The van der Waals surface area contributed by atoms with Crippen molar-refractivity contribution in [3.8, 4) is 5.75 Å². The lowest BCUT2D eigenvalue weighted by atomic mass is 10.1. The minimum Gasteiger partial charge on any atom is -0.487 e. The molecule has 2 aromatic carbocycles. The summed E-state index contributed by atoms with van der Waals surface area (Å²) in [7, 11) is 0. The van der Waals surface area contributed by atoms with Crippen LogP contribution in [0.15, 0.2) is 48.7 Å². The van der Waals surface area contributed by atoms with Crippen LogP contribution in [0.1, 0.15) is 5.69 Å². The fraction of sp³-hybridized carbons (Fsp3) is 0.368.